The second-order valence-corrected chi connectivity index (χ2v) is 2.65. The second-order valence-electron chi connectivity index (χ2n) is 2.65. The number of hydrogen-bond acceptors (Lipinski definition) is 5. The average Bonchev–Trinajstić information content (AvgIpc) is 2.22. The molecule has 0 saturated carbocycles. The van der Waals surface area contributed by atoms with E-state index in [9.17, 15) is 14.7 Å². The molecule has 0 atom stereocenters. The molecule has 0 fully saturated rings. The Labute approximate surface area is 85.5 Å². The molecule has 0 radical (unpaired) electrons. The highest BCUT2D eigenvalue weighted by Gasteiger charge is 2.16. The van der Waals surface area contributed by atoms with Gasteiger partial charge in [0.25, 0.3) is 5.56 Å². The molecule has 82 valence electrons. The van der Waals surface area contributed by atoms with Gasteiger partial charge in [-0.1, -0.05) is 0 Å². The smallest absolute Gasteiger partial charge is 0.342 e. The Morgan fingerprint density at radius 3 is 2.80 bits per heavy atom. The van der Waals surface area contributed by atoms with Gasteiger partial charge in [-0.15, -0.1) is 0 Å². The minimum absolute atomic E-state index is 0.112. The van der Waals surface area contributed by atoms with Crippen molar-refractivity contribution in [1.29, 1.82) is 0 Å². The lowest BCUT2D eigenvalue weighted by molar-refractivity contribution is 0.0596. The molecule has 6 nitrogen and oxygen atoms in total. The third-order valence-electron chi connectivity index (χ3n) is 1.69. The van der Waals surface area contributed by atoms with Crippen LogP contribution in [-0.4, -0.2) is 29.8 Å². The van der Waals surface area contributed by atoms with Crippen molar-refractivity contribution < 1.29 is 19.4 Å². The number of aromatic amines is 1. The Morgan fingerprint density at radius 2 is 2.27 bits per heavy atom. The lowest BCUT2D eigenvalue weighted by Gasteiger charge is -2.05. The van der Waals surface area contributed by atoms with E-state index in [2.05, 4.69) is 9.72 Å². The van der Waals surface area contributed by atoms with Crippen LogP contribution in [0.15, 0.2) is 10.9 Å². The molecule has 1 rings (SSSR count). The summed E-state index contributed by atoms with van der Waals surface area (Å²) in [5, 5.41) is 9.29. The molecule has 0 amide bonds. The molecule has 0 unspecified atom stereocenters. The van der Waals surface area contributed by atoms with Crippen LogP contribution in [0.1, 0.15) is 17.3 Å². The van der Waals surface area contributed by atoms with Crippen LogP contribution in [-0.2, 0) is 4.74 Å². The number of carbonyl (C=O) groups is 1. The van der Waals surface area contributed by atoms with E-state index in [1.54, 1.807) is 6.92 Å². The van der Waals surface area contributed by atoms with Gasteiger partial charge in [0.1, 0.15) is 5.56 Å². The number of pyridine rings is 1. The molecule has 6 heteroatoms. The highest BCUT2D eigenvalue weighted by molar-refractivity contribution is 5.92. The minimum atomic E-state index is -0.792. The molecular weight excluding hydrogens is 202 g/mol. The van der Waals surface area contributed by atoms with Gasteiger partial charge >= 0.3 is 5.97 Å². The summed E-state index contributed by atoms with van der Waals surface area (Å²) in [5.41, 5.74) is -1.01. The van der Waals surface area contributed by atoms with Gasteiger partial charge in [0, 0.05) is 6.07 Å². The van der Waals surface area contributed by atoms with E-state index < -0.39 is 17.3 Å². The number of aromatic hydroxyl groups is 1. The third kappa shape index (κ3) is 2.28. The topological polar surface area (TPSA) is 88.6 Å². The quantitative estimate of drug-likeness (QED) is 0.703. The Balaban J connectivity index is 3.25. The summed E-state index contributed by atoms with van der Waals surface area (Å²) in [7, 11) is 1.16. The van der Waals surface area contributed by atoms with E-state index in [1.807, 2.05) is 0 Å². The van der Waals surface area contributed by atoms with Crippen molar-refractivity contribution in [3.8, 4) is 11.6 Å². The van der Waals surface area contributed by atoms with E-state index >= 15 is 0 Å². The molecule has 1 aromatic heterocycles. The van der Waals surface area contributed by atoms with Crippen molar-refractivity contribution in [2.75, 3.05) is 13.7 Å². The first-order valence-electron chi connectivity index (χ1n) is 4.27. The number of hydrogen-bond donors (Lipinski definition) is 2. The van der Waals surface area contributed by atoms with Crippen molar-refractivity contribution in [1.82, 2.24) is 4.98 Å². The molecule has 2 N–H and O–H groups in total. The SMILES string of the molecule is CCOc1cc(C(=O)OC)c(O)c(=O)[nH]1. The second kappa shape index (κ2) is 4.50. The van der Waals surface area contributed by atoms with Crippen LogP contribution < -0.4 is 10.3 Å². The number of esters is 1. The summed E-state index contributed by atoms with van der Waals surface area (Å²) in [6.07, 6.45) is 0. The van der Waals surface area contributed by atoms with Gasteiger partial charge in [-0.05, 0) is 6.92 Å². The fourth-order valence-electron chi connectivity index (χ4n) is 1.03. The number of rotatable bonds is 3. The lowest BCUT2D eigenvalue weighted by atomic mass is 10.2. The predicted octanol–water partition coefficient (Wildman–Crippen LogP) is 0.266. The van der Waals surface area contributed by atoms with E-state index in [1.165, 1.54) is 6.07 Å². The van der Waals surface area contributed by atoms with Crippen LogP contribution in [0.4, 0.5) is 0 Å². The highest BCUT2D eigenvalue weighted by atomic mass is 16.5. The molecule has 1 heterocycles. The van der Waals surface area contributed by atoms with Crippen LogP contribution in [0.5, 0.6) is 11.6 Å². The summed E-state index contributed by atoms with van der Waals surface area (Å²) >= 11 is 0. The largest absolute Gasteiger partial charge is 0.502 e. The average molecular weight is 213 g/mol. The minimum Gasteiger partial charge on any atom is -0.502 e. The number of methoxy groups -OCH3 is 1. The van der Waals surface area contributed by atoms with Gasteiger partial charge in [0.2, 0.25) is 0 Å². The fraction of sp³-hybridized carbons (Fsp3) is 0.333. The molecule has 0 aliphatic carbocycles. The van der Waals surface area contributed by atoms with Crippen LogP contribution in [0.2, 0.25) is 0 Å². The Morgan fingerprint density at radius 1 is 1.60 bits per heavy atom. The third-order valence-corrected chi connectivity index (χ3v) is 1.69. The molecule has 0 bridgehead atoms. The number of carbonyl (C=O) groups excluding carboxylic acids is 1. The number of aromatic nitrogens is 1. The Hall–Kier alpha value is -1.98. The standard InChI is InChI=1S/C9H11NO5/c1-3-15-6-4-5(9(13)14-2)7(11)8(12)10-6/h4,11H,3H2,1-2H3,(H,10,12). The van der Waals surface area contributed by atoms with Crippen LogP contribution in [0.25, 0.3) is 0 Å². The molecule has 15 heavy (non-hydrogen) atoms. The summed E-state index contributed by atoms with van der Waals surface area (Å²) < 4.78 is 9.40. The zero-order valence-corrected chi connectivity index (χ0v) is 8.36. The summed E-state index contributed by atoms with van der Waals surface area (Å²) in [6, 6.07) is 1.21. The van der Waals surface area contributed by atoms with E-state index in [0.717, 1.165) is 7.11 Å². The summed E-state index contributed by atoms with van der Waals surface area (Å²) in [6.45, 7) is 2.06. The van der Waals surface area contributed by atoms with Gasteiger partial charge in [-0.25, -0.2) is 4.79 Å². The molecule has 1 aromatic rings. The van der Waals surface area contributed by atoms with Gasteiger partial charge < -0.3 is 14.6 Å². The predicted molar refractivity (Wildman–Crippen MR) is 51.2 cm³/mol. The molecule has 0 aliphatic heterocycles. The summed E-state index contributed by atoms with van der Waals surface area (Å²) in [5.74, 6) is -1.36. The fourth-order valence-corrected chi connectivity index (χ4v) is 1.03. The first-order chi connectivity index (χ1) is 7.10. The maximum atomic E-state index is 11.2. The molecule has 0 aliphatic rings. The lowest BCUT2D eigenvalue weighted by Crippen LogP contribution is -2.13. The maximum absolute atomic E-state index is 11.2. The van der Waals surface area contributed by atoms with Gasteiger partial charge in [-0.2, -0.15) is 0 Å². The molecular formula is C9H11NO5. The Kier molecular flexibility index (Phi) is 3.33. The monoisotopic (exact) mass is 213 g/mol. The normalized spacial score (nSPS) is 9.73. The number of H-pyrrole nitrogens is 1. The van der Waals surface area contributed by atoms with Crippen LogP contribution >= 0.6 is 0 Å². The molecule has 0 spiro atoms. The zero-order chi connectivity index (χ0) is 11.4. The summed E-state index contributed by atoms with van der Waals surface area (Å²) in [4.78, 5) is 24.6. The zero-order valence-electron chi connectivity index (χ0n) is 8.36. The van der Waals surface area contributed by atoms with Crippen molar-refractivity contribution >= 4 is 5.97 Å². The first kappa shape index (κ1) is 11.1. The van der Waals surface area contributed by atoms with Crippen LogP contribution in [0, 0.1) is 0 Å². The van der Waals surface area contributed by atoms with Crippen molar-refractivity contribution in [3.05, 3.63) is 22.0 Å². The number of ether oxygens (including phenoxy) is 2. The van der Waals surface area contributed by atoms with Crippen molar-refractivity contribution in [2.45, 2.75) is 6.92 Å². The van der Waals surface area contributed by atoms with Gasteiger partial charge in [0.15, 0.2) is 11.6 Å². The van der Waals surface area contributed by atoms with Crippen LogP contribution in [0.3, 0.4) is 0 Å². The van der Waals surface area contributed by atoms with Gasteiger partial charge in [-0.3, -0.25) is 9.78 Å². The van der Waals surface area contributed by atoms with Crippen molar-refractivity contribution in [3.63, 3.8) is 0 Å². The number of nitrogens with one attached hydrogen (secondary N) is 1. The van der Waals surface area contributed by atoms with E-state index in [-0.39, 0.29) is 11.4 Å². The van der Waals surface area contributed by atoms with Gasteiger partial charge in [0.05, 0.1) is 13.7 Å². The highest BCUT2D eigenvalue weighted by Crippen LogP contribution is 2.16. The van der Waals surface area contributed by atoms with E-state index in [4.69, 9.17) is 4.74 Å². The first-order valence-corrected chi connectivity index (χ1v) is 4.27. The van der Waals surface area contributed by atoms with E-state index in [0.29, 0.717) is 6.61 Å². The Bertz CT molecular complexity index is 423. The van der Waals surface area contributed by atoms with Crippen molar-refractivity contribution in [2.24, 2.45) is 0 Å². The molecule has 0 saturated heterocycles. The maximum Gasteiger partial charge on any atom is 0.342 e. The molecule has 0 aromatic carbocycles.